The number of halogens is 2. The molecule has 2 aromatic carbocycles. The smallest absolute Gasteiger partial charge is 0.249 e. The molecule has 0 spiro atoms. The minimum absolute atomic E-state index is 0.106. The van der Waals surface area contributed by atoms with Crippen LogP contribution in [0.25, 0.3) is 11.4 Å². The van der Waals surface area contributed by atoms with Gasteiger partial charge in [-0.1, -0.05) is 41.1 Å². The van der Waals surface area contributed by atoms with Crippen LogP contribution >= 0.6 is 0 Å². The van der Waals surface area contributed by atoms with E-state index in [0.717, 1.165) is 33.6 Å². The van der Waals surface area contributed by atoms with Crippen LogP contribution in [-0.2, 0) is 16.6 Å². The van der Waals surface area contributed by atoms with Crippen LogP contribution in [0.4, 0.5) is 8.78 Å². The predicted molar refractivity (Wildman–Crippen MR) is 105 cm³/mol. The second-order valence-corrected chi connectivity index (χ2v) is 8.98. The number of hydrogen-bond acceptors (Lipinski definition) is 6. The van der Waals surface area contributed by atoms with Crippen LogP contribution in [0.1, 0.15) is 11.5 Å². The van der Waals surface area contributed by atoms with Gasteiger partial charge in [-0.3, -0.25) is 4.90 Å². The van der Waals surface area contributed by atoms with Crippen molar-refractivity contribution in [2.75, 3.05) is 26.2 Å². The first kappa shape index (κ1) is 20.6. The Morgan fingerprint density at radius 2 is 1.63 bits per heavy atom. The fourth-order valence-electron chi connectivity index (χ4n) is 3.32. The van der Waals surface area contributed by atoms with Gasteiger partial charge in [0.05, 0.1) is 6.54 Å². The average Bonchev–Trinajstić information content (AvgIpc) is 3.17. The Morgan fingerprint density at radius 1 is 1.00 bits per heavy atom. The number of benzene rings is 2. The van der Waals surface area contributed by atoms with Gasteiger partial charge < -0.3 is 4.52 Å². The van der Waals surface area contributed by atoms with E-state index in [0.29, 0.717) is 31.3 Å². The Morgan fingerprint density at radius 3 is 2.27 bits per heavy atom. The Labute approximate surface area is 173 Å². The van der Waals surface area contributed by atoms with E-state index in [1.807, 2.05) is 36.1 Å². The average molecular weight is 434 g/mol. The van der Waals surface area contributed by atoms with E-state index < -0.39 is 26.6 Å². The van der Waals surface area contributed by atoms with Crippen LogP contribution in [0.2, 0.25) is 0 Å². The molecule has 4 rings (SSSR count). The molecule has 0 aliphatic carbocycles. The third-order valence-electron chi connectivity index (χ3n) is 4.98. The molecule has 158 valence electrons. The maximum absolute atomic E-state index is 13.9. The summed E-state index contributed by atoms with van der Waals surface area (Å²) in [5, 5.41) is 3.99. The molecule has 0 amide bonds. The van der Waals surface area contributed by atoms with Crippen molar-refractivity contribution in [1.29, 1.82) is 0 Å². The summed E-state index contributed by atoms with van der Waals surface area (Å²) < 4.78 is 59.6. The van der Waals surface area contributed by atoms with Gasteiger partial charge in [-0.2, -0.15) is 9.29 Å². The van der Waals surface area contributed by atoms with Crippen LogP contribution in [0, 0.1) is 18.6 Å². The van der Waals surface area contributed by atoms with Crippen LogP contribution in [0.5, 0.6) is 0 Å². The van der Waals surface area contributed by atoms with Crippen LogP contribution in [0.15, 0.2) is 51.9 Å². The summed E-state index contributed by atoms with van der Waals surface area (Å²) in [5.41, 5.74) is 1.98. The number of piperazine rings is 1. The van der Waals surface area contributed by atoms with Gasteiger partial charge in [0.25, 0.3) is 0 Å². The lowest BCUT2D eigenvalue weighted by Gasteiger charge is -2.33. The molecular weight excluding hydrogens is 414 g/mol. The fraction of sp³-hybridized carbons (Fsp3) is 0.300. The second-order valence-electron chi connectivity index (χ2n) is 7.11. The van der Waals surface area contributed by atoms with Gasteiger partial charge in [0.2, 0.25) is 21.7 Å². The van der Waals surface area contributed by atoms with Crippen molar-refractivity contribution in [3.8, 4) is 11.4 Å². The van der Waals surface area contributed by atoms with Gasteiger partial charge in [-0.25, -0.2) is 17.2 Å². The van der Waals surface area contributed by atoms with Crippen LogP contribution < -0.4 is 0 Å². The summed E-state index contributed by atoms with van der Waals surface area (Å²) in [7, 11) is -4.25. The molecule has 3 aromatic rings. The lowest BCUT2D eigenvalue weighted by atomic mass is 10.1. The monoisotopic (exact) mass is 434 g/mol. The van der Waals surface area contributed by atoms with E-state index in [1.165, 1.54) is 0 Å². The van der Waals surface area contributed by atoms with Gasteiger partial charge in [0, 0.05) is 31.7 Å². The van der Waals surface area contributed by atoms with Gasteiger partial charge in [-0.15, -0.1) is 0 Å². The molecule has 1 aliphatic rings. The molecule has 10 heteroatoms. The second kappa shape index (κ2) is 8.21. The number of aromatic nitrogens is 2. The number of sulfonamides is 1. The standard InChI is InChI=1S/C20H20F2N4O3S/c1-14-5-7-15(8-6-14)20-23-18(29-24-20)13-25-9-11-26(12-10-25)30(27,28)19-16(21)3-2-4-17(19)22/h2-8H,9-13H2,1H3. The van der Waals surface area contributed by atoms with Gasteiger partial charge >= 0.3 is 0 Å². The lowest BCUT2D eigenvalue weighted by Crippen LogP contribution is -2.48. The zero-order valence-corrected chi connectivity index (χ0v) is 17.1. The molecule has 1 aliphatic heterocycles. The highest BCUT2D eigenvalue weighted by Crippen LogP contribution is 2.24. The number of aryl methyl sites for hydroxylation is 1. The third-order valence-corrected chi connectivity index (χ3v) is 6.94. The quantitative estimate of drug-likeness (QED) is 0.615. The molecular formula is C20H20F2N4O3S. The normalized spacial score (nSPS) is 16.1. The van der Waals surface area contributed by atoms with Crippen LogP contribution in [0.3, 0.4) is 0 Å². The Kier molecular flexibility index (Phi) is 5.63. The molecule has 0 saturated carbocycles. The summed E-state index contributed by atoms with van der Waals surface area (Å²) >= 11 is 0. The highest BCUT2D eigenvalue weighted by atomic mass is 32.2. The first-order valence-corrected chi connectivity index (χ1v) is 10.8. The number of hydrogen-bond donors (Lipinski definition) is 0. The Balaban J connectivity index is 1.40. The van der Waals surface area contributed by atoms with Gasteiger partial charge in [0.15, 0.2) is 4.90 Å². The molecule has 30 heavy (non-hydrogen) atoms. The third kappa shape index (κ3) is 4.11. The number of rotatable bonds is 5. The first-order chi connectivity index (χ1) is 14.3. The van der Waals surface area contributed by atoms with Crippen molar-refractivity contribution in [2.45, 2.75) is 18.4 Å². The highest BCUT2D eigenvalue weighted by Gasteiger charge is 2.33. The van der Waals surface area contributed by atoms with Crippen molar-refractivity contribution in [3.63, 3.8) is 0 Å². The minimum atomic E-state index is -4.25. The molecule has 2 heterocycles. The molecule has 1 aromatic heterocycles. The van der Waals surface area contributed by atoms with Gasteiger partial charge in [-0.05, 0) is 19.1 Å². The topological polar surface area (TPSA) is 79.5 Å². The van der Waals surface area contributed by atoms with Crippen molar-refractivity contribution in [2.24, 2.45) is 0 Å². The van der Waals surface area contributed by atoms with E-state index in [4.69, 9.17) is 4.52 Å². The summed E-state index contributed by atoms with van der Waals surface area (Å²) in [6.07, 6.45) is 0. The Bertz CT molecular complexity index is 1120. The lowest BCUT2D eigenvalue weighted by molar-refractivity contribution is 0.163. The highest BCUT2D eigenvalue weighted by molar-refractivity contribution is 7.89. The van der Waals surface area contributed by atoms with Crippen molar-refractivity contribution >= 4 is 10.0 Å². The summed E-state index contributed by atoms with van der Waals surface area (Å²) in [6.45, 7) is 3.31. The number of nitrogens with zero attached hydrogens (tertiary/aromatic N) is 4. The van der Waals surface area contributed by atoms with Crippen molar-refractivity contribution in [3.05, 3.63) is 65.6 Å². The molecule has 0 N–H and O–H groups in total. The van der Waals surface area contributed by atoms with Crippen molar-refractivity contribution < 1.29 is 21.7 Å². The van der Waals surface area contributed by atoms with Crippen LogP contribution in [-0.4, -0.2) is 53.9 Å². The molecule has 7 nitrogen and oxygen atoms in total. The minimum Gasteiger partial charge on any atom is -0.338 e. The largest absolute Gasteiger partial charge is 0.338 e. The molecule has 0 unspecified atom stereocenters. The molecule has 1 fully saturated rings. The fourth-order valence-corrected chi connectivity index (χ4v) is 4.85. The molecule has 0 bridgehead atoms. The van der Waals surface area contributed by atoms with E-state index in [9.17, 15) is 17.2 Å². The van der Waals surface area contributed by atoms with Gasteiger partial charge in [0.1, 0.15) is 11.6 Å². The zero-order valence-electron chi connectivity index (χ0n) is 16.3. The zero-order chi connectivity index (χ0) is 21.3. The molecule has 0 atom stereocenters. The van der Waals surface area contributed by atoms with E-state index in [1.54, 1.807) is 0 Å². The van der Waals surface area contributed by atoms with E-state index >= 15 is 0 Å². The maximum atomic E-state index is 13.9. The van der Waals surface area contributed by atoms with E-state index in [-0.39, 0.29) is 13.1 Å². The SMILES string of the molecule is Cc1ccc(-c2noc(CN3CCN(S(=O)(=O)c4c(F)cccc4F)CC3)n2)cc1. The summed E-state index contributed by atoms with van der Waals surface area (Å²) in [4.78, 5) is 5.44. The van der Waals surface area contributed by atoms with Crippen molar-refractivity contribution in [1.82, 2.24) is 19.3 Å². The predicted octanol–water partition coefficient (Wildman–Crippen LogP) is 2.83. The Hall–Kier alpha value is -2.69. The maximum Gasteiger partial charge on any atom is 0.249 e. The first-order valence-electron chi connectivity index (χ1n) is 9.41. The molecule has 1 saturated heterocycles. The summed E-state index contributed by atoms with van der Waals surface area (Å²) in [6, 6.07) is 10.8. The summed E-state index contributed by atoms with van der Waals surface area (Å²) in [5.74, 6) is -1.28. The molecule has 0 radical (unpaired) electrons. The van der Waals surface area contributed by atoms with E-state index in [2.05, 4.69) is 10.1 Å².